The first-order chi connectivity index (χ1) is 22.6. The van der Waals surface area contributed by atoms with Gasteiger partial charge in [-0.1, -0.05) is 110 Å². The standard InChI is InChI=1S/C44H43N3O.Pt/c1-42(2,3)32-15-17-38-37(25-32)36-16-14-29(22-39(36)47(38)40-23-28-12-10-11-13-30(28)27-46-40)31-20-34(44(7,8)9)24-35(21-31)48-41-26-33(18-19-45-41)43(4,5)6;/h10-20,23-27H,1-9H3;/q-2;+2. The molecule has 0 unspecified atom stereocenters. The molecule has 7 rings (SSSR count). The molecule has 0 aliphatic carbocycles. The monoisotopic (exact) mass is 824 g/mol. The van der Waals surface area contributed by atoms with Crippen LogP contribution in [0.1, 0.15) is 79.0 Å². The van der Waals surface area contributed by atoms with Gasteiger partial charge in [-0.15, -0.1) is 17.7 Å². The summed E-state index contributed by atoms with van der Waals surface area (Å²) < 4.78 is 8.68. The van der Waals surface area contributed by atoms with Gasteiger partial charge in [-0.3, -0.25) is 0 Å². The van der Waals surface area contributed by atoms with Crippen molar-refractivity contribution < 1.29 is 25.8 Å². The molecule has 3 heterocycles. The molecule has 49 heavy (non-hydrogen) atoms. The second-order valence-corrected chi connectivity index (χ2v) is 16.0. The van der Waals surface area contributed by atoms with E-state index in [1.807, 2.05) is 24.5 Å². The quantitative estimate of drug-likeness (QED) is 0.166. The number of nitrogens with zero attached hydrogens (tertiary/aromatic N) is 3. The van der Waals surface area contributed by atoms with Gasteiger partial charge in [0.25, 0.3) is 0 Å². The number of fused-ring (bicyclic) bond motifs is 4. The molecule has 3 aromatic heterocycles. The van der Waals surface area contributed by atoms with Gasteiger partial charge in [0.1, 0.15) is 5.82 Å². The van der Waals surface area contributed by atoms with Gasteiger partial charge in [-0.25, -0.2) is 21.1 Å². The molecular formula is C44H43N3OPt. The normalized spacial score (nSPS) is 12.4. The Morgan fingerprint density at radius 2 is 1.29 bits per heavy atom. The van der Waals surface area contributed by atoms with Crippen LogP contribution in [0, 0.1) is 12.1 Å². The minimum Gasteiger partial charge on any atom is -0.460 e. The van der Waals surface area contributed by atoms with Crippen molar-refractivity contribution in [3.63, 3.8) is 0 Å². The van der Waals surface area contributed by atoms with Crippen LogP contribution >= 0.6 is 0 Å². The SMILES string of the molecule is CC(C)(C)c1cc(Oc2cc(C(C)(C)C)ccn2)[c-]c(-c2[c-]c3c(cc2)c2cc(C(C)(C)C)ccc2n3-c2cc3ccccc3cn2)c1.[Pt+2]. The molecule has 250 valence electrons. The summed E-state index contributed by atoms with van der Waals surface area (Å²) in [5.41, 5.74) is 7.46. The molecule has 4 nitrogen and oxygen atoms in total. The molecule has 0 saturated carbocycles. The molecule has 0 spiro atoms. The average molecular weight is 825 g/mol. The summed E-state index contributed by atoms with van der Waals surface area (Å²) in [5.74, 6) is 2.06. The molecule has 0 amide bonds. The third-order valence-electron chi connectivity index (χ3n) is 9.20. The molecule has 0 atom stereocenters. The van der Waals surface area contributed by atoms with Gasteiger partial charge >= 0.3 is 21.1 Å². The molecule has 0 bridgehead atoms. The van der Waals surface area contributed by atoms with Crippen molar-refractivity contribution in [2.75, 3.05) is 0 Å². The summed E-state index contributed by atoms with van der Waals surface area (Å²) in [7, 11) is 0. The van der Waals surface area contributed by atoms with Crippen molar-refractivity contribution in [2.24, 2.45) is 0 Å². The second kappa shape index (κ2) is 12.6. The molecule has 0 aliphatic rings. The Kier molecular flexibility index (Phi) is 8.86. The van der Waals surface area contributed by atoms with Crippen molar-refractivity contribution in [2.45, 2.75) is 78.6 Å². The Morgan fingerprint density at radius 1 is 0.592 bits per heavy atom. The van der Waals surface area contributed by atoms with Gasteiger partial charge in [0.15, 0.2) is 0 Å². The van der Waals surface area contributed by atoms with E-state index >= 15 is 0 Å². The van der Waals surface area contributed by atoms with Crippen molar-refractivity contribution in [3.8, 4) is 28.6 Å². The van der Waals surface area contributed by atoms with E-state index < -0.39 is 0 Å². The predicted octanol–water partition coefficient (Wildman–Crippen LogP) is 11.7. The number of aromatic nitrogens is 3. The summed E-state index contributed by atoms with van der Waals surface area (Å²) in [6.07, 6.45) is 3.78. The fourth-order valence-corrected chi connectivity index (χ4v) is 6.22. The van der Waals surface area contributed by atoms with Crippen LogP contribution in [0.2, 0.25) is 0 Å². The molecule has 0 fully saturated rings. The van der Waals surface area contributed by atoms with Crippen LogP contribution in [-0.2, 0) is 37.3 Å². The van der Waals surface area contributed by atoms with E-state index in [0.717, 1.165) is 49.7 Å². The van der Waals surface area contributed by atoms with Gasteiger partial charge in [-0.05, 0) is 61.9 Å². The van der Waals surface area contributed by atoms with Crippen LogP contribution in [0.25, 0.3) is 49.5 Å². The molecule has 0 radical (unpaired) electrons. The minimum atomic E-state index is -0.111. The molecular weight excluding hydrogens is 782 g/mol. The number of benzene rings is 4. The van der Waals surface area contributed by atoms with E-state index in [0.29, 0.717) is 11.6 Å². The third-order valence-corrected chi connectivity index (χ3v) is 9.20. The van der Waals surface area contributed by atoms with Crippen LogP contribution in [0.5, 0.6) is 11.6 Å². The van der Waals surface area contributed by atoms with Crippen LogP contribution < -0.4 is 4.74 Å². The molecule has 4 aromatic carbocycles. The van der Waals surface area contributed by atoms with Crippen molar-refractivity contribution >= 4 is 32.6 Å². The van der Waals surface area contributed by atoms with E-state index in [4.69, 9.17) is 9.72 Å². The molecule has 7 aromatic rings. The van der Waals surface area contributed by atoms with Crippen molar-refractivity contribution in [1.29, 1.82) is 0 Å². The maximum Gasteiger partial charge on any atom is 2.00 e. The second-order valence-electron chi connectivity index (χ2n) is 16.0. The van der Waals surface area contributed by atoms with Crippen LogP contribution in [0.4, 0.5) is 0 Å². The topological polar surface area (TPSA) is 39.9 Å². The van der Waals surface area contributed by atoms with Gasteiger partial charge in [0.05, 0.1) is 0 Å². The van der Waals surface area contributed by atoms with Crippen LogP contribution in [0.3, 0.4) is 0 Å². The van der Waals surface area contributed by atoms with E-state index in [9.17, 15) is 0 Å². The Hall–Kier alpha value is -4.27. The number of hydrogen-bond acceptors (Lipinski definition) is 3. The molecule has 5 heteroatoms. The Morgan fingerprint density at radius 3 is 2.00 bits per heavy atom. The fraction of sp³-hybridized carbons (Fsp3) is 0.273. The summed E-state index contributed by atoms with van der Waals surface area (Å²) in [6, 6.07) is 37.5. The molecule has 0 aliphatic heterocycles. The van der Waals surface area contributed by atoms with Gasteiger partial charge in [0, 0.05) is 35.1 Å². The number of hydrogen-bond donors (Lipinski definition) is 0. The van der Waals surface area contributed by atoms with Crippen LogP contribution in [-0.4, -0.2) is 14.5 Å². The average Bonchev–Trinajstić information content (AvgIpc) is 3.36. The summed E-state index contributed by atoms with van der Waals surface area (Å²) in [5, 5.41) is 4.60. The first kappa shape index (κ1) is 34.6. The number of pyridine rings is 2. The molecule has 0 saturated heterocycles. The molecule has 0 N–H and O–H groups in total. The van der Waals surface area contributed by atoms with E-state index in [1.54, 1.807) is 0 Å². The maximum absolute atomic E-state index is 6.43. The van der Waals surface area contributed by atoms with E-state index in [1.165, 1.54) is 16.5 Å². The van der Waals surface area contributed by atoms with Gasteiger partial charge < -0.3 is 9.30 Å². The predicted molar refractivity (Wildman–Crippen MR) is 200 cm³/mol. The van der Waals surface area contributed by atoms with E-state index in [-0.39, 0.29) is 37.3 Å². The number of ether oxygens (including phenoxy) is 1. The minimum absolute atomic E-state index is 0. The maximum atomic E-state index is 6.43. The van der Waals surface area contributed by atoms with Crippen LogP contribution in [0.15, 0.2) is 97.3 Å². The first-order valence-electron chi connectivity index (χ1n) is 16.7. The van der Waals surface area contributed by atoms with Gasteiger partial charge in [0.2, 0.25) is 5.88 Å². The summed E-state index contributed by atoms with van der Waals surface area (Å²) in [4.78, 5) is 9.50. The third kappa shape index (κ3) is 6.81. The Labute approximate surface area is 304 Å². The van der Waals surface area contributed by atoms with Crippen molar-refractivity contribution in [3.05, 3.63) is 126 Å². The summed E-state index contributed by atoms with van der Waals surface area (Å²) in [6.45, 7) is 20.0. The Bertz CT molecular complexity index is 2330. The smallest absolute Gasteiger partial charge is 0.460 e. The summed E-state index contributed by atoms with van der Waals surface area (Å²) >= 11 is 0. The zero-order chi connectivity index (χ0) is 34.0. The number of rotatable bonds is 4. The van der Waals surface area contributed by atoms with Gasteiger partial charge in [-0.2, -0.15) is 18.2 Å². The Balaban J connectivity index is 0.00000417. The van der Waals surface area contributed by atoms with E-state index in [2.05, 4.69) is 157 Å². The largest absolute Gasteiger partial charge is 2.00 e. The van der Waals surface area contributed by atoms with Crippen molar-refractivity contribution in [1.82, 2.24) is 14.5 Å². The fourth-order valence-electron chi connectivity index (χ4n) is 6.22. The zero-order valence-electron chi connectivity index (χ0n) is 29.8. The first-order valence-corrected chi connectivity index (χ1v) is 16.7. The zero-order valence-corrected chi connectivity index (χ0v) is 32.1.